The first kappa shape index (κ1) is 36.5. The lowest BCUT2D eigenvalue weighted by Crippen LogP contribution is -2.16. The van der Waals surface area contributed by atoms with E-state index in [0.717, 1.165) is 61.4 Å². The zero-order valence-corrected chi connectivity index (χ0v) is 35.6. The molecule has 0 N–H and O–H groups in total. The highest BCUT2D eigenvalue weighted by molar-refractivity contribution is 6.24. The van der Waals surface area contributed by atoms with Crippen LogP contribution in [0.4, 0.5) is 17.1 Å². The first-order valence-electron chi connectivity index (χ1n) is 22.2. The predicted octanol–water partition coefficient (Wildman–Crippen LogP) is 16.9. The number of nitrogens with zero attached hydrogens (tertiary/aromatic N) is 2. The van der Waals surface area contributed by atoms with Gasteiger partial charge in [-0.15, -0.1) is 0 Å². The van der Waals surface area contributed by atoms with Crippen LogP contribution in [-0.4, -0.2) is 4.57 Å². The lowest BCUT2D eigenvalue weighted by Gasteiger charge is -2.28. The van der Waals surface area contributed by atoms with Crippen LogP contribution in [0.25, 0.3) is 93.6 Å². The second-order valence-corrected chi connectivity index (χ2v) is 17.7. The van der Waals surface area contributed by atoms with Gasteiger partial charge in [0.15, 0.2) is 5.58 Å². The van der Waals surface area contributed by atoms with E-state index in [0.29, 0.717) is 0 Å². The zero-order chi connectivity index (χ0) is 42.5. The summed E-state index contributed by atoms with van der Waals surface area (Å²) < 4.78 is 9.60. The van der Waals surface area contributed by atoms with E-state index in [1.807, 2.05) is 0 Å². The Morgan fingerprint density at radius 3 is 1.75 bits per heavy atom. The minimum atomic E-state index is -0.155. The van der Waals surface area contributed by atoms with Crippen molar-refractivity contribution < 1.29 is 4.42 Å². The van der Waals surface area contributed by atoms with Crippen molar-refractivity contribution in [3.8, 4) is 39.1 Å². The van der Waals surface area contributed by atoms with Gasteiger partial charge in [0.25, 0.3) is 0 Å². The van der Waals surface area contributed by atoms with Gasteiger partial charge in [0, 0.05) is 49.6 Å². The molecule has 0 radical (unpaired) electrons. The number of hydrogen-bond donors (Lipinski definition) is 0. The number of fused-ring (bicyclic) bond motifs is 11. The van der Waals surface area contributed by atoms with Crippen molar-refractivity contribution in [3.63, 3.8) is 0 Å². The fraction of sp³-hybridized carbons (Fsp3) is 0.0492. The largest absolute Gasteiger partial charge is 0.453 e. The maximum absolute atomic E-state index is 7.23. The Morgan fingerprint density at radius 2 is 1.00 bits per heavy atom. The zero-order valence-electron chi connectivity index (χ0n) is 35.6. The molecule has 10 aromatic carbocycles. The van der Waals surface area contributed by atoms with Gasteiger partial charge in [0.2, 0.25) is 0 Å². The van der Waals surface area contributed by atoms with E-state index in [2.05, 4.69) is 242 Å². The first-order valence-corrected chi connectivity index (χ1v) is 22.2. The Bertz CT molecular complexity index is 3740. The first-order chi connectivity index (χ1) is 31.5. The highest BCUT2D eigenvalue weighted by Gasteiger charge is 2.36. The summed E-state index contributed by atoms with van der Waals surface area (Å²) in [6, 6.07) is 79.4. The van der Waals surface area contributed by atoms with E-state index in [4.69, 9.17) is 4.42 Å². The highest BCUT2D eigenvalue weighted by Crippen LogP contribution is 2.52. The minimum Gasteiger partial charge on any atom is -0.453 e. The van der Waals surface area contributed by atoms with Crippen LogP contribution >= 0.6 is 0 Å². The van der Waals surface area contributed by atoms with Gasteiger partial charge in [0.1, 0.15) is 5.58 Å². The van der Waals surface area contributed by atoms with Gasteiger partial charge in [-0.1, -0.05) is 172 Å². The SMILES string of the molecule is CC1(C)c2ccccc2-c2ccc(N(c3ccc(-c4ccc(-n5c6ccccc6c6ccccc65)cc4)cc3)c3cccc4c3oc3c(-c5ccccc5)cc5ccccc5c34)cc21. The molecule has 12 aromatic rings. The number of para-hydroxylation sites is 3. The average molecular weight is 819 g/mol. The molecule has 0 bridgehead atoms. The average Bonchev–Trinajstić information content (AvgIpc) is 3.98. The molecule has 64 heavy (non-hydrogen) atoms. The number of furan rings is 1. The Labute approximate surface area is 371 Å². The van der Waals surface area contributed by atoms with Crippen LogP contribution in [0, 0.1) is 0 Å². The van der Waals surface area contributed by atoms with Crippen LogP contribution in [0.1, 0.15) is 25.0 Å². The van der Waals surface area contributed by atoms with Crippen LogP contribution < -0.4 is 4.90 Å². The molecule has 1 aliphatic carbocycles. The third-order valence-corrected chi connectivity index (χ3v) is 13.8. The van der Waals surface area contributed by atoms with Crippen molar-refractivity contribution in [2.75, 3.05) is 4.90 Å². The summed E-state index contributed by atoms with van der Waals surface area (Å²) in [5.41, 5.74) is 18.2. The summed E-state index contributed by atoms with van der Waals surface area (Å²) in [5, 5.41) is 7.15. The summed E-state index contributed by atoms with van der Waals surface area (Å²) in [6.45, 7) is 4.70. The molecular formula is C61H42N2O. The van der Waals surface area contributed by atoms with Crippen molar-refractivity contribution in [1.82, 2.24) is 4.57 Å². The van der Waals surface area contributed by atoms with Crippen LogP contribution in [-0.2, 0) is 5.41 Å². The van der Waals surface area contributed by atoms with E-state index in [1.54, 1.807) is 0 Å². The molecule has 0 aliphatic heterocycles. The van der Waals surface area contributed by atoms with Gasteiger partial charge in [-0.25, -0.2) is 0 Å². The molecule has 0 amide bonds. The summed E-state index contributed by atoms with van der Waals surface area (Å²) in [7, 11) is 0. The third kappa shape index (κ3) is 5.41. The molecule has 0 saturated carbocycles. The fourth-order valence-electron chi connectivity index (χ4n) is 10.7. The standard InChI is InChI=1S/C61H42N2O/c1-61(2)53-23-11-8-19-47(53)48-36-35-45(38-54(48)61)62(57-26-14-22-51-58-46-18-7-6-17-42(46)37-52(60(58)64-59(51)57)41-15-4-3-5-16-41)43-31-27-39(28-32-43)40-29-33-44(34-30-40)63-55-24-12-9-20-49(55)50-21-10-13-25-56(50)63/h3-38H,1-2H3. The van der Waals surface area contributed by atoms with Gasteiger partial charge in [-0.2, -0.15) is 0 Å². The van der Waals surface area contributed by atoms with Gasteiger partial charge in [0.05, 0.1) is 16.7 Å². The van der Waals surface area contributed by atoms with Gasteiger partial charge in [-0.3, -0.25) is 0 Å². The predicted molar refractivity (Wildman–Crippen MR) is 269 cm³/mol. The second kappa shape index (κ2) is 13.9. The number of anilines is 3. The van der Waals surface area contributed by atoms with Gasteiger partial charge < -0.3 is 13.9 Å². The number of aromatic nitrogens is 1. The van der Waals surface area contributed by atoms with E-state index in [1.165, 1.54) is 60.4 Å². The second-order valence-electron chi connectivity index (χ2n) is 17.7. The normalized spacial score (nSPS) is 13.0. The molecule has 1 aliphatic rings. The van der Waals surface area contributed by atoms with Crippen molar-refractivity contribution in [2.45, 2.75) is 19.3 Å². The molecule has 302 valence electrons. The molecule has 0 spiro atoms. The van der Waals surface area contributed by atoms with E-state index >= 15 is 0 Å². The van der Waals surface area contributed by atoms with Crippen molar-refractivity contribution >= 4 is 71.6 Å². The smallest absolute Gasteiger partial charge is 0.159 e. The quantitative estimate of drug-likeness (QED) is 0.167. The lowest BCUT2D eigenvalue weighted by molar-refractivity contribution is 0.660. The fourth-order valence-corrected chi connectivity index (χ4v) is 10.7. The number of hydrogen-bond acceptors (Lipinski definition) is 2. The summed E-state index contributed by atoms with van der Waals surface area (Å²) in [4.78, 5) is 2.39. The van der Waals surface area contributed by atoms with Crippen molar-refractivity contribution in [1.29, 1.82) is 0 Å². The Kier molecular flexibility index (Phi) is 7.95. The maximum Gasteiger partial charge on any atom is 0.159 e. The van der Waals surface area contributed by atoms with E-state index in [-0.39, 0.29) is 5.41 Å². The minimum absolute atomic E-state index is 0.155. The summed E-state index contributed by atoms with van der Waals surface area (Å²) in [6.07, 6.45) is 0. The molecule has 0 fully saturated rings. The maximum atomic E-state index is 7.23. The van der Waals surface area contributed by atoms with Crippen LogP contribution in [0.3, 0.4) is 0 Å². The van der Waals surface area contributed by atoms with E-state index in [9.17, 15) is 0 Å². The van der Waals surface area contributed by atoms with Crippen molar-refractivity contribution in [2.24, 2.45) is 0 Å². The van der Waals surface area contributed by atoms with Crippen molar-refractivity contribution in [3.05, 3.63) is 230 Å². The molecule has 3 heteroatoms. The molecule has 0 saturated heterocycles. The summed E-state index contributed by atoms with van der Waals surface area (Å²) >= 11 is 0. The molecule has 2 aromatic heterocycles. The van der Waals surface area contributed by atoms with Gasteiger partial charge >= 0.3 is 0 Å². The van der Waals surface area contributed by atoms with Crippen LogP contribution in [0.5, 0.6) is 0 Å². The van der Waals surface area contributed by atoms with Crippen LogP contribution in [0.2, 0.25) is 0 Å². The summed E-state index contributed by atoms with van der Waals surface area (Å²) in [5.74, 6) is 0. The molecule has 13 rings (SSSR count). The van der Waals surface area contributed by atoms with E-state index < -0.39 is 0 Å². The molecule has 0 unspecified atom stereocenters. The Hall–Kier alpha value is -8.14. The number of rotatable bonds is 6. The lowest BCUT2D eigenvalue weighted by atomic mass is 9.82. The third-order valence-electron chi connectivity index (χ3n) is 13.8. The molecule has 0 atom stereocenters. The van der Waals surface area contributed by atoms with Crippen LogP contribution in [0.15, 0.2) is 223 Å². The Morgan fingerprint density at radius 1 is 0.406 bits per heavy atom. The van der Waals surface area contributed by atoms with Gasteiger partial charge in [-0.05, 0) is 110 Å². The molecule has 2 heterocycles. The molecular weight excluding hydrogens is 777 g/mol. The topological polar surface area (TPSA) is 21.3 Å². The highest BCUT2D eigenvalue weighted by atomic mass is 16.3. The molecule has 3 nitrogen and oxygen atoms in total. The monoisotopic (exact) mass is 818 g/mol. The Balaban J connectivity index is 0.972. The number of benzene rings is 10.